The second kappa shape index (κ2) is 9.87. The second-order valence-corrected chi connectivity index (χ2v) is 10.4. The number of hydrogen-bond acceptors (Lipinski definition) is 6. The number of aromatic nitrogens is 4. The number of likely N-dealkylation sites (tertiary alicyclic amines) is 1. The standard InChI is InChI=1S/C26H28Cl2N6O/c1-15-10-17(5-8-24(15)33-9-3-4-19(33)14-35)23-13-30-25-22(12-29)32-34(26(25)31-23)16(2)20-7-6-18(27)11-21(20)28/h5-7,11,13,15-16,19,24,35H,3-4,8-10,14H2,1-2H3/t15-,16-,19+,24+/m1/s1. The van der Waals surface area contributed by atoms with Crippen molar-refractivity contribution in [2.45, 2.75) is 57.7 Å². The highest BCUT2D eigenvalue weighted by molar-refractivity contribution is 6.35. The number of halogens is 2. The van der Waals surface area contributed by atoms with E-state index in [9.17, 15) is 10.4 Å². The number of hydrogen-bond donors (Lipinski definition) is 1. The van der Waals surface area contributed by atoms with Crippen molar-refractivity contribution in [1.29, 1.82) is 5.26 Å². The van der Waals surface area contributed by atoms with Crippen molar-refractivity contribution in [1.82, 2.24) is 24.6 Å². The number of fused-ring (bicyclic) bond motifs is 1. The molecule has 1 N–H and O–H groups in total. The van der Waals surface area contributed by atoms with Crippen LogP contribution >= 0.6 is 23.2 Å². The minimum Gasteiger partial charge on any atom is -0.395 e. The summed E-state index contributed by atoms with van der Waals surface area (Å²) in [5.74, 6) is 0.436. The lowest BCUT2D eigenvalue weighted by Crippen LogP contribution is -2.45. The van der Waals surface area contributed by atoms with Gasteiger partial charge in [0, 0.05) is 22.1 Å². The molecule has 2 aromatic heterocycles. The third-order valence-corrected chi connectivity index (χ3v) is 8.04. The van der Waals surface area contributed by atoms with Crippen molar-refractivity contribution < 1.29 is 5.11 Å². The van der Waals surface area contributed by atoms with Gasteiger partial charge in [0.2, 0.25) is 0 Å². The minimum absolute atomic E-state index is 0.225. The van der Waals surface area contributed by atoms with Crippen LogP contribution in [-0.2, 0) is 0 Å². The van der Waals surface area contributed by atoms with E-state index in [4.69, 9.17) is 28.2 Å². The summed E-state index contributed by atoms with van der Waals surface area (Å²) in [5.41, 5.74) is 4.10. The number of allylic oxidation sites excluding steroid dienone is 1. The van der Waals surface area contributed by atoms with Crippen LogP contribution in [-0.4, -0.2) is 55.0 Å². The van der Waals surface area contributed by atoms with Crippen LogP contribution in [0.4, 0.5) is 0 Å². The van der Waals surface area contributed by atoms with Crippen molar-refractivity contribution in [3.05, 3.63) is 57.5 Å². The molecule has 7 nitrogen and oxygen atoms in total. The molecule has 35 heavy (non-hydrogen) atoms. The van der Waals surface area contributed by atoms with Crippen LogP contribution in [0.15, 0.2) is 30.5 Å². The lowest BCUT2D eigenvalue weighted by Gasteiger charge is -2.38. The van der Waals surface area contributed by atoms with Gasteiger partial charge in [-0.3, -0.25) is 4.90 Å². The highest BCUT2D eigenvalue weighted by Gasteiger charge is 2.35. The Hall–Kier alpha value is -2.50. The Morgan fingerprint density at radius 1 is 1.31 bits per heavy atom. The molecule has 0 spiro atoms. The molecule has 182 valence electrons. The molecule has 0 saturated carbocycles. The predicted molar refractivity (Wildman–Crippen MR) is 137 cm³/mol. The van der Waals surface area contributed by atoms with Gasteiger partial charge >= 0.3 is 0 Å². The molecule has 1 fully saturated rings. The number of aliphatic hydroxyl groups excluding tert-OH is 1. The van der Waals surface area contributed by atoms with Crippen LogP contribution < -0.4 is 0 Å². The molecule has 3 heterocycles. The van der Waals surface area contributed by atoms with E-state index in [0.29, 0.717) is 33.2 Å². The third-order valence-electron chi connectivity index (χ3n) is 7.48. The average molecular weight is 511 g/mol. The molecular weight excluding hydrogens is 483 g/mol. The fourth-order valence-corrected chi connectivity index (χ4v) is 6.17. The summed E-state index contributed by atoms with van der Waals surface area (Å²) in [6.07, 6.45) is 8.04. The van der Waals surface area contributed by atoms with E-state index in [2.05, 4.69) is 34.1 Å². The molecule has 0 radical (unpaired) electrons. The smallest absolute Gasteiger partial charge is 0.190 e. The molecule has 4 atom stereocenters. The Morgan fingerprint density at radius 3 is 2.86 bits per heavy atom. The lowest BCUT2D eigenvalue weighted by atomic mass is 9.83. The maximum absolute atomic E-state index is 9.77. The molecule has 2 aliphatic rings. The summed E-state index contributed by atoms with van der Waals surface area (Å²) < 4.78 is 1.73. The third kappa shape index (κ3) is 4.45. The van der Waals surface area contributed by atoms with Gasteiger partial charge < -0.3 is 5.11 Å². The number of aliphatic hydroxyl groups is 1. The zero-order valence-corrected chi connectivity index (χ0v) is 21.3. The Kier molecular flexibility index (Phi) is 6.82. The van der Waals surface area contributed by atoms with Crippen LogP contribution in [0, 0.1) is 17.2 Å². The summed E-state index contributed by atoms with van der Waals surface area (Å²) in [4.78, 5) is 12.0. The minimum atomic E-state index is -0.261. The summed E-state index contributed by atoms with van der Waals surface area (Å²) in [6, 6.07) is 7.95. The van der Waals surface area contributed by atoms with Gasteiger partial charge in [-0.15, -0.1) is 0 Å². The van der Waals surface area contributed by atoms with Crippen molar-refractivity contribution in [3.8, 4) is 6.07 Å². The normalized spacial score (nSPS) is 23.9. The number of nitriles is 1. The van der Waals surface area contributed by atoms with Crippen LogP contribution in [0.2, 0.25) is 10.0 Å². The quantitative estimate of drug-likeness (QED) is 0.503. The van der Waals surface area contributed by atoms with Gasteiger partial charge in [-0.25, -0.2) is 14.6 Å². The Morgan fingerprint density at radius 2 is 2.14 bits per heavy atom. The monoisotopic (exact) mass is 510 g/mol. The second-order valence-electron chi connectivity index (χ2n) is 9.60. The molecule has 0 unspecified atom stereocenters. The van der Waals surface area contributed by atoms with E-state index in [1.54, 1.807) is 23.0 Å². The first-order valence-corrected chi connectivity index (χ1v) is 12.8. The van der Waals surface area contributed by atoms with Crippen molar-refractivity contribution in [2.24, 2.45) is 5.92 Å². The summed E-state index contributed by atoms with van der Waals surface area (Å²) >= 11 is 12.5. The van der Waals surface area contributed by atoms with E-state index < -0.39 is 0 Å². The first kappa shape index (κ1) is 24.2. The number of benzene rings is 1. The van der Waals surface area contributed by atoms with E-state index in [1.807, 2.05) is 13.0 Å². The largest absolute Gasteiger partial charge is 0.395 e. The highest BCUT2D eigenvalue weighted by Crippen LogP contribution is 2.36. The SMILES string of the molecule is C[C@@H]1CC(c2cnc3c(C#N)nn([C@H](C)c4ccc(Cl)cc4Cl)c3n2)=CC[C@@H]1N1CCC[C@H]1CO. The molecule has 3 aromatic rings. The Balaban J connectivity index is 1.49. The van der Waals surface area contributed by atoms with Crippen LogP contribution in [0.3, 0.4) is 0 Å². The van der Waals surface area contributed by atoms with Crippen molar-refractivity contribution >= 4 is 39.9 Å². The molecule has 1 aliphatic heterocycles. The Bertz CT molecular complexity index is 1330. The maximum atomic E-state index is 9.77. The van der Waals surface area contributed by atoms with Crippen LogP contribution in [0.1, 0.15) is 62.5 Å². The molecule has 1 saturated heterocycles. The first-order chi connectivity index (χ1) is 16.9. The Labute approximate surface area is 215 Å². The fourth-order valence-electron chi connectivity index (χ4n) is 5.60. The fraction of sp³-hybridized carbons (Fsp3) is 0.462. The zero-order valence-electron chi connectivity index (χ0n) is 19.8. The van der Waals surface area contributed by atoms with Gasteiger partial charge in [-0.05, 0) is 68.3 Å². The number of rotatable bonds is 5. The molecule has 9 heteroatoms. The maximum Gasteiger partial charge on any atom is 0.190 e. The molecule has 1 aliphatic carbocycles. The summed E-state index contributed by atoms with van der Waals surface area (Å²) in [5, 5.41) is 25.0. The van der Waals surface area contributed by atoms with Gasteiger partial charge in [-0.1, -0.05) is 42.3 Å². The summed E-state index contributed by atoms with van der Waals surface area (Å²) in [6.45, 7) is 5.52. The van der Waals surface area contributed by atoms with Gasteiger partial charge in [-0.2, -0.15) is 10.4 Å². The topological polar surface area (TPSA) is 90.9 Å². The van der Waals surface area contributed by atoms with E-state index in [0.717, 1.165) is 49.1 Å². The van der Waals surface area contributed by atoms with E-state index >= 15 is 0 Å². The van der Waals surface area contributed by atoms with Gasteiger partial charge in [0.05, 0.1) is 24.5 Å². The molecule has 0 bridgehead atoms. The van der Waals surface area contributed by atoms with E-state index in [-0.39, 0.29) is 24.4 Å². The number of nitrogens with zero attached hydrogens (tertiary/aromatic N) is 6. The van der Waals surface area contributed by atoms with Crippen molar-refractivity contribution in [2.75, 3.05) is 13.2 Å². The van der Waals surface area contributed by atoms with E-state index in [1.165, 1.54) is 0 Å². The van der Waals surface area contributed by atoms with Crippen molar-refractivity contribution in [3.63, 3.8) is 0 Å². The molecular formula is C26H28Cl2N6O. The van der Waals surface area contributed by atoms with Crippen LogP contribution in [0.25, 0.3) is 16.7 Å². The van der Waals surface area contributed by atoms with Gasteiger partial charge in [0.1, 0.15) is 11.6 Å². The predicted octanol–water partition coefficient (Wildman–Crippen LogP) is 5.25. The molecule has 1 aromatic carbocycles. The molecule has 5 rings (SSSR count). The molecule has 0 amide bonds. The van der Waals surface area contributed by atoms with Gasteiger partial charge in [0.15, 0.2) is 11.3 Å². The van der Waals surface area contributed by atoms with Gasteiger partial charge in [0.25, 0.3) is 0 Å². The average Bonchev–Trinajstić information content (AvgIpc) is 3.47. The first-order valence-electron chi connectivity index (χ1n) is 12.1. The highest BCUT2D eigenvalue weighted by atomic mass is 35.5. The lowest BCUT2D eigenvalue weighted by molar-refractivity contribution is 0.0910. The van der Waals surface area contributed by atoms with Crippen LogP contribution in [0.5, 0.6) is 0 Å². The zero-order chi connectivity index (χ0) is 24.7. The summed E-state index contributed by atoms with van der Waals surface area (Å²) in [7, 11) is 0.